The Balaban J connectivity index is 1.86. The summed E-state index contributed by atoms with van der Waals surface area (Å²) in [5, 5.41) is 9.79. The molecule has 0 amide bonds. The molecule has 1 aliphatic heterocycles. The zero-order valence-corrected chi connectivity index (χ0v) is 12.2. The number of hydrogen-bond acceptors (Lipinski definition) is 3. The van der Waals surface area contributed by atoms with Crippen LogP contribution in [0, 0.1) is 0 Å². The molecule has 1 atom stereocenters. The summed E-state index contributed by atoms with van der Waals surface area (Å²) in [7, 11) is 2.14. The van der Waals surface area contributed by atoms with Gasteiger partial charge in [-0.3, -0.25) is 0 Å². The van der Waals surface area contributed by atoms with E-state index in [4.69, 9.17) is 0 Å². The third kappa shape index (κ3) is 3.95. The first-order valence-corrected chi connectivity index (χ1v) is 7.42. The van der Waals surface area contributed by atoms with Crippen LogP contribution in [0.25, 0.3) is 0 Å². The SMILES string of the molecule is CC[C@@H](O)c1ccc(N(C)CCN2CCCC2)cc1. The number of likely N-dealkylation sites (tertiary alicyclic amines) is 1. The molecule has 2 rings (SSSR count). The maximum atomic E-state index is 9.79. The molecule has 0 aliphatic carbocycles. The van der Waals surface area contributed by atoms with Crippen LogP contribution in [-0.2, 0) is 0 Å². The van der Waals surface area contributed by atoms with Crippen LogP contribution < -0.4 is 4.90 Å². The molecule has 3 heteroatoms. The Morgan fingerprint density at radius 2 is 1.84 bits per heavy atom. The molecule has 0 bridgehead atoms. The average molecular weight is 262 g/mol. The van der Waals surface area contributed by atoms with Gasteiger partial charge in [0.15, 0.2) is 0 Å². The largest absolute Gasteiger partial charge is 0.388 e. The molecule has 3 nitrogen and oxygen atoms in total. The molecule has 1 fully saturated rings. The minimum absolute atomic E-state index is 0.330. The molecule has 1 aromatic rings. The number of nitrogens with zero attached hydrogens (tertiary/aromatic N) is 2. The van der Waals surface area contributed by atoms with Crippen molar-refractivity contribution in [1.82, 2.24) is 4.90 Å². The maximum absolute atomic E-state index is 9.79. The van der Waals surface area contributed by atoms with E-state index in [1.807, 2.05) is 19.1 Å². The summed E-state index contributed by atoms with van der Waals surface area (Å²) >= 11 is 0. The van der Waals surface area contributed by atoms with Crippen LogP contribution in [0.5, 0.6) is 0 Å². The van der Waals surface area contributed by atoms with Crippen LogP contribution in [-0.4, -0.2) is 43.2 Å². The first kappa shape index (κ1) is 14.4. The number of aliphatic hydroxyl groups is 1. The van der Waals surface area contributed by atoms with Gasteiger partial charge in [0.2, 0.25) is 0 Å². The zero-order chi connectivity index (χ0) is 13.7. The Bertz CT molecular complexity index is 371. The highest BCUT2D eigenvalue weighted by molar-refractivity contribution is 5.47. The molecule has 0 radical (unpaired) electrons. The first-order valence-electron chi connectivity index (χ1n) is 7.42. The fraction of sp³-hybridized carbons (Fsp3) is 0.625. The lowest BCUT2D eigenvalue weighted by atomic mass is 10.1. The Labute approximate surface area is 116 Å². The summed E-state index contributed by atoms with van der Waals surface area (Å²) in [6.45, 7) is 6.73. The summed E-state index contributed by atoms with van der Waals surface area (Å²) in [6.07, 6.45) is 3.15. The first-order chi connectivity index (χ1) is 9.20. The molecule has 0 spiro atoms. The van der Waals surface area contributed by atoms with Crippen molar-refractivity contribution in [3.63, 3.8) is 0 Å². The van der Waals surface area contributed by atoms with Gasteiger partial charge in [0.25, 0.3) is 0 Å². The molecular formula is C16H26N2O. The smallest absolute Gasteiger partial charge is 0.0787 e. The highest BCUT2D eigenvalue weighted by Crippen LogP contribution is 2.20. The van der Waals surface area contributed by atoms with Gasteiger partial charge in [-0.2, -0.15) is 0 Å². The minimum Gasteiger partial charge on any atom is -0.388 e. The van der Waals surface area contributed by atoms with Gasteiger partial charge in [-0.25, -0.2) is 0 Å². The standard InChI is InChI=1S/C16H26N2O/c1-3-16(19)14-6-8-15(9-7-14)17(2)12-13-18-10-4-5-11-18/h6-9,16,19H,3-5,10-13H2,1-2H3/t16-/m1/s1. The van der Waals surface area contributed by atoms with Gasteiger partial charge >= 0.3 is 0 Å². The quantitative estimate of drug-likeness (QED) is 0.854. The average Bonchev–Trinajstić information content (AvgIpc) is 2.97. The van der Waals surface area contributed by atoms with Crippen LogP contribution >= 0.6 is 0 Å². The summed E-state index contributed by atoms with van der Waals surface area (Å²) < 4.78 is 0. The third-order valence-corrected chi connectivity index (χ3v) is 4.06. The molecule has 1 aromatic carbocycles. The Morgan fingerprint density at radius 3 is 2.42 bits per heavy atom. The highest BCUT2D eigenvalue weighted by Gasteiger charge is 2.12. The van der Waals surface area contributed by atoms with E-state index >= 15 is 0 Å². The Kier molecular flexibility index (Phi) is 5.23. The van der Waals surface area contributed by atoms with Gasteiger partial charge in [-0.05, 0) is 50.0 Å². The van der Waals surface area contributed by atoms with E-state index < -0.39 is 0 Å². The lowest BCUT2D eigenvalue weighted by molar-refractivity contribution is 0.173. The van der Waals surface area contributed by atoms with E-state index in [1.54, 1.807) is 0 Å². The maximum Gasteiger partial charge on any atom is 0.0787 e. The minimum atomic E-state index is -0.330. The van der Waals surface area contributed by atoms with Crippen molar-refractivity contribution in [3.8, 4) is 0 Å². The van der Waals surface area contributed by atoms with Gasteiger partial charge in [0.05, 0.1) is 6.10 Å². The van der Waals surface area contributed by atoms with Crippen molar-refractivity contribution in [2.75, 3.05) is 38.1 Å². The van der Waals surface area contributed by atoms with Crippen LogP contribution in [0.1, 0.15) is 37.9 Å². The molecule has 106 valence electrons. The number of anilines is 1. The molecule has 19 heavy (non-hydrogen) atoms. The van der Waals surface area contributed by atoms with E-state index in [-0.39, 0.29) is 6.10 Å². The molecule has 0 unspecified atom stereocenters. The molecule has 0 saturated carbocycles. The van der Waals surface area contributed by atoms with Crippen LogP contribution in [0.2, 0.25) is 0 Å². The van der Waals surface area contributed by atoms with E-state index in [9.17, 15) is 5.11 Å². The second-order valence-electron chi connectivity index (χ2n) is 5.49. The highest BCUT2D eigenvalue weighted by atomic mass is 16.3. The fourth-order valence-electron chi connectivity index (χ4n) is 2.61. The second kappa shape index (κ2) is 6.92. The monoisotopic (exact) mass is 262 g/mol. The summed E-state index contributed by atoms with van der Waals surface area (Å²) in [5.74, 6) is 0. The van der Waals surface area contributed by atoms with Crippen molar-refractivity contribution in [2.24, 2.45) is 0 Å². The van der Waals surface area contributed by atoms with Gasteiger partial charge in [-0.15, -0.1) is 0 Å². The van der Waals surface area contributed by atoms with Crippen molar-refractivity contribution in [3.05, 3.63) is 29.8 Å². The molecular weight excluding hydrogens is 236 g/mol. The topological polar surface area (TPSA) is 26.7 Å². The number of rotatable bonds is 6. The van der Waals surface area contributed by atoms with Gasteiger partial charge in [0.1, 0.15) is 0 Å². The van der Waals surface area contributed by atoms with Crippen LogP contribution in [0.4, 0.5) is 5.69 Å². The van der Waals surface area contributed by atoms with Crippen molar-refractivity contribution >= 4 is 5.69 Å². The molecule has 1 saturated heterocycles. The van der Waals surface area contributed by atoms with Crippen LogP contribution in [0.15, 0.2) is 24.3 Å². The second-order valence-corrected chi connectivity index (χ2v) is 5.49. The lowest BCUT2D eigenvalue weighted by Gasteiger charge is -2.23. The predicted molar refractivity (Wildman–Crippen MR) is 80.6 cm³/mol. The molecule has 1 N–H and O–H groups in total. The third-order valence-electron chi connectivity index (χ3n) is 4.06. The Hall–Kier alpha value is -1.06. The molecule has 1 aliphatic rings. The van der Waals surface area contributed by atoms with Crippen molar-refractivity contribution in [1.29, 1.82) is 0 Å². The van der Waals surface area contributed by atoms with E-state index in [1.165, 1.54) is 31.6 Å². The fourth-order valence-corrected chi connectivity index (χ4v) is 2.61. The number of benzene rings is 1. The van der Waals surface area contributed by atoms with E-state index in [2.05, 4.69) is 29.0 Å². The number of likely N-dealkylation sites (N-methyl/N-ethyl adjacent to an activating group) is 1. The van der Waals surface area contributed by atoms with Gasteiger partial charge < -0.3 is 14.9 Å². The molecule has 1 heterocycles. The van der Waals surface area contributed by atoms with Crippen molar-refractivity contribution in [2.45, 2.75) is 32.3 Å². The predicted octanol–water partition coefficient (Wildman–Crippen LogP) is 2.66. The van der Waals surface area contributed by atoms with Crippen LogP contribution in [0.3, 0.4) is 0 Å². The number of aliphatic hydroxyl groups excluding tert-OH is 1. The lowest BCUT2D eigenvalue weighted by Crippen LogP contribution is -2.31. The van der Waals surface area contributed by atoms with E-state index in [0.29, 0.717) is 0 Å². The normalized spacial score (nSPS) is 17.6. The molecule has 0 aromatic heterocycles. The van der Waals surface area contributed by atoms with Crippen molar-refractivity contribution < 1.29 is 5.11 Å². The summed E-state index contributed by atoms with van der Waals surface area (Å²) in [5.41, 5.74) is 2.24. The van der Waals surface area contributed by atoms with E-state index in [0.717, 1.165) is 25.1 Å². The number of hydrogen-bond donors (Lipinski definition) is 1. The van der Waals surface area contributed by atoms with Gasteiger partial charge in [-0.1, -0.05) is 19.1 Å². The summed E-state index contributed by atoms with van der Waals surface area (Å²) in [6, 6.07) is 8.29. The summed E-state index contributed by atoms with van der Waals surface area (Å²) in [4.78, 5) is 4.83. The van der Waals surface area contributed by atoms with Gasteiger partial charge in [0, 0.05) is 25.8 Å². The Morgan fingerprint density at radius 1 is 1.21 bits per heavy atom. The zero-order valence-electron chi connectivity index (χ0n) is 12.2.